The second-order valence-corrected chi connectivity index (χ2v) is 7.68. The van der Waals surface area contributed by atoms with Gasteiger partial charge in [-0.3, -0.25) is 9.47 Å². The van der Waals surface area contributed by atoms with E-state index < -0.39 is 0 Å². The van der Waals surface area contributed by atoms with Crippen molar-refractivity contribution < 1.29 is 4.74 Å². The first kappa shape index (κ1) is 18.2. The summed E-state index contributed by atoms with van der Waals surface area (Å²) in [5.74, 6) is 1.86. The van der Waals surface area contributed by atoms with Crippen molar-refractivity contribution in [3.63, 3.8) is 0 Å². The fourth-order valence-corrected chi connectivity index (χ4v) is 4.05. The van der Waals surface area contributed by atoms with E-state index in [0.717, 1.165) is 55.3 Å². The van der Waals surface area contributed by atoms with Gasteiger partial charge >= 0.3 is 0 Å². The van der Waals surface area contributed by atoms with E-state index in [1.807, 2.05) is 6.07 Å². The van der Waals surface area contributed by atoms with Crippen molar-refractivity contribution in [2.75, 3.05) is 26.3 Å². The molecule has 1 aliphatic rings. The molecular formula is C21H24N4OS. The fourth-order valence-electron chi connectivity index (χ4n) is 3.12. The second-order valence-electron chi connectivity index (χ2n) is 6.73. The molecule has 1 fully saturated rings. The summed E-state index contributed by atoms with van der Waals surface area (Å²) in [5.41, 5.74) is 3.68. The first-order valence-electron chi connectivity index (χ1n) is 9.28. The quantitative estimate of drug-likeness (QED) is 0.610. The van der Waals surface area contributed by atoms with Gasteiger partial charge in [-0.15, -0.1) is 10.2 Å². The molecule has 1 saturated heterocycles. The lowest BCUT2D eigenvalue weighted by molar-refractivity contribution is 0.0328. The van der Waals surface area contributed by atoms with Gasteiger partial charge in [0.1, 0.15) is 0 Å². The van der Waals surface area contributed by atoms with Crippen molar-refractivity contribution in [1.82, 2.24) is 19.7 Å². The van der Waals surface area contributed by atoms with Gasteiger partial charge in [0.05, 0.1) is 19.8 Å². The Morgan fingerprint density at radius 1 is 0.963 bits per heavy atom. The molecule has 5 nitrogen and oxygen atoms in total. The molecule has 1 aromatic heterocycles. The van der Waals surface area contributed by atoms with Crippen molar-refractivity contribution in [3.05, 3.63) is 71.5 Å². The highest BCUT2D eigenvalue weighted by molar-refractivity contribution is 7.98. The highest BCUT2D eigenvalue weighted by Crippen LogP contribution is 2.26. The molecule has 0 N–H and O–H groups in total. The summed E-state index contributed by atoms with van der Waals surface area (Å²) < 4.78 is 7.65. The Labute approximate surface area is 164 Å². The summed E-state index contributed by atoms with van der Waals surface area (Å²) >= 11 is 1.73. The molecule has 0 bridgehead atoms. The minimum Gasteiger partial charge on any atom is -0.379 e. The predicted molar refractivity (Wildman–Crippen MR) is 108 cm³/mol. The van der Waals surface area contributed by atoms with Gasteiger partial charge < -0.3 is 4.74 Å². The van der Waals surface area contributed by atoms with E-state index in [9.17, 15) is 0 Å². The van der Waals surface area contributed by atoms with Crippen LogP contribution in [0.2, 0.25) is 0 Å². The van der Waals surface area contributed by atoms with Gasteiger partial charge in [0.25, 0.3) is 0 Å². The van der Waals surface area contributed by atoms with Crippen LogP contribution in [0, 0.1) is 6.92 Å². The maximum atomic E-state index is 5.46. The monoisotopic (exact) mass is 380 g/mol. The number of thioether (sulfide) groups is 1. The van der Waals surface area contributed by atoms with Crippen LogP contribution in [0.4, 0.5) is 0 Å². The number of nitrogens with zero attached hydrogens (tertiary/aromatic N) is 4. The summed E-state index contributed by atoms with van der Waals surface area (Å²) in [7, 11) is 0. The maximum Gasteiger partial charge on any atom is 0.196 e. The van der Waals surface area contributed by atoms with Gasteiger partial charge in [-0.25, -0.2) is 0 Å². The molecule has 0 unspecified atom stereocenters. The number of aromatic nitrogens is 3. The van der Waals surface area contributed by atoms with Gasteiger partial charge in [-0.05, 0) is 24.6 Å². The summed E-state index contributed by atoms with van der Waals surface area (Å²) in [6.45, 7) is 6.35. The zero-order chi connectivity index (χ0) is 18.5. The van der Waals surface area contributed by atoms with Crippen molar-refractivity contribution >= 4 is 11.8 Å². The number of hydrogen-bond acceptors (Lipinski definition) is 5. The molecule has 6 heteroatoms. The third kappa shape index (κ3) is 4.58. The van der Waals surface area contributed by atoms with E-state index in [-0.39, 0.29) is 0 Å². The maximum absolute atomic E-state index is 5.46. The molecule has 2 aromatic carbocycles. The molecule has 1 aliphatic heterocycles. The van der Waals surface area contributed by atoms with Crippen LogP contribution in [0.3, 0.4) is 0 Å². The van der Waals surface area contributed by atoms with Crippen LogP contribution >= 0.6 is 11.8 Å². The highest BCUT2D eigenvalue weighted by Gasteiger charge is 2.18. The summed E-state index contributed by atoms with van der Waals surface area (Å²) in [4.78, 5) is 2.38. The van der Waals surface area contributed by atoms with E-state index in [2.05, 4.69) is 75.1 Å². The number of morpholine rings is 1. The third-order valence-corrected chi connectivity index (χ3v) is 5.67. The molecule has 0 aliphatic carbocycles. The van der Waals surface area contributed by atoms with Crippen LogP contribution < -0.4 is 0 Å². The number of aryl methyl sites for hydroxylation is 1. The van der Waals surface area contributed by atoms with E-state index >= 15 is 0 Å². The Morgan fingerprint density at radius 2 is 1.70 bits per heavy atom. The normalized spacial score (nSPS) is 15.1. The Morgan fingerprint density at radius 3 is 2.44 bits per heavy atom. The molecule has 0 atom stereocenters. The molecule has 4 rings (SSSR count). The van der Waals surface area contributed by atoms with Crippen LogP contribution in [-0.2, 0) is 17.0 Å². The summed E-state index contributed by atoms with van der Waals surface area (Å²) in [5, 5.41) is 9.97. The number of ether oxygens (including phenoxy) is 1. The summed E-state index contributed by atoms with van der Waals surface area (Å²) in [6, 6.07) is 19.0. The highest BCUT2D eigenvalue weighted by atomic mass is 32.2. The Balaban J connectivity index is 1.57. The van der Waals surface area contributed by atoms with Crippen molar-refractivity contribution in [3.8, 4) is 5.69 Å². The van der Waals surface area contributed by atoms with Crippen LogP contribution in [-0.4, -0.2) is 46.0 Å². The van der Waals surface area contributed by atoms with E-state index in [4.69, 9.17) is 4.74 Å². The van der Waals surface area contributed by atoms with Crippen LogP contribution in [0.25, 0.3) is 5.69 Å². The van der Waals surface area contributed by atoms with Crippen molar-refractivity contribution in [1.29, 1.82) is 0 Å². The standard InChI is InChI=1S/C21H24N4OS/c1-17-7-9-18(10-8-17)16-27-21-23-22-20(15-24-11-13-26-14-12-24)25(21)19-5-3-2-4-6-19/h2-10H,11-16H2,1H3. The van der Waals surface area contributed by atoms with Gasteiger partial charge in [0, 0.05) is 24.5 Å². The van der Waals surface area contributed by atoms with Crippen molar-refractivity contribution in [2.24, 2.45) is 0 Å². The van der Waals surface area contributed by atoms with Gasteiger partial charge in [-0.1, -0.05) is 59.8 Å². The summed E-state index contributed by atoms with van der Waals surface area (Å²) in [6.07, 6.45) is 0. The fraction of sp³-hybridized carbons (Fsp3) is 0.333. The lowest BCUT2D eigenvalue weighted by Gasteiger charge is -2.26. The van der Waals surface area contributed by atoms with Gasteiger partial charge in [0.2, 0.25) is 0 Å². The first-order valence-corrected chi connectivity index (χ1v) is 10.3. The number of benzene rings is 2. The predicted octanol–water partition coefficient (Wildman–Crippen LogP) is 3.70. The van der Waals surface area contributed by atoms with Crippen molar-refractivity contribution in [2.45, 2.75) is 24.4 Å². The zero-order valence-electron chi connectivity index (χ0n) is 15.5. The average molecular weight is 381 g/mol. The first-order chi connectivity index (χ1) is 13.3. The molecule has 140 valence electrons. The molecule has 0 saturated carbocycles. The van der Waals surface area contributed by atoms with E-state index in [1.54, 1.807) is 11.8 Å². The minimum absolute atomic E-state index is 0.786. The van der Waals surface area contributed by atoms with Crippen LogP contribution in [0.15, 0.2) is 59.8 Å². The van der Waals surface area contributed by atoms with Gasteiger partial charge in [0.15, 0.2) is 11.0 Å². The number of para-hydroxylation sites is 1. The molecule has 0 radical (unpaired) electrons. The topological polar surface area (TPSA) is 43.2 Å². The van der Waals surface area contributed by atoms with E-state index in [0.29, 0.717) is 0 Å². The number of rotatable bonds is 6. The molecule has 0 amide bonds. The molecule has 3 aromatic rings. The van der Waals surface area contributed by atoms with Gasteiger partial charge in [-0.2, -0.15) is 0 Å². The largest absolute Gasteiger partial charge is 0.379 e. The lowest BCUT2D eigenvalue weighted by Crippen LogP contribution is -2.36. The molecular weight excluding hydrogens is 356 g/mol. The number of hydrogen-bond donors (Lipinski definition) is 0. The third-order valence-electron chi connectivity index (χ3n) is 4.67. The smallest absolute Gasteiger partial charge is 0.196 e. The average Bonchev–Trinajstić information content (AvgIpc) is 3.11. The molecule has 2 heterocycles. The molecule has 27 heavy (non-hydrogen) atoms. The second kappa shape index (κ2) is 8.69. The molecule has 0 spiro atoms. The zero-order valence-corrected chi connectivity index (χ0v) is 16.4. The Hall–Kier alpha value is -2.15. The lowest BCUT2D eigenvalue weighted by atomic mass is 10.2. The Bertz CT molecular complexity index is 858. The SMILES string of the molecule is Cc1ccc(CSc2nnc(CN3CCOCC3)n2-c2ccccc2)cc1. The Kier molecular flexibility index (Phi) is 5.87. The minimum atomic E-state index is 0.786. The van der Waals surface area contributed by atoms with E-state index in [1.165, 1.54) is 11.1 Å². The van der Waals surface area contributed by atoms with Crippen LogP contribution in [0.1, 0.15) is 17.0 Å². The van der Waals surface area contributed by atoms with Crippen LogP contribution in [0.5, 0.6) is 0 Å².